The van der Waals surface area contributed by atoms with Crippen LogP contribution in [0.2, 0.25) is 0 Å². The van der Waals surface area contributed by atoms with E-state index in [1.54, 1.807) is 6.33 Å². The number of para-hydroxylation sites is 1. The fourth-order valence-corrected chi connectivity index (χ4v) is 2.74. The zero-order chi connectivity index (χ0) is 16.2. The van der Waals surface area contributed by atoms with Crippen molar-refractivity contribution in [2.45, 2.75) is 31.8 Å². The highest BCUT2D eigenvalue weighted by atomic mass is 16.1. The van der Waals surface area contributed by atoms with Gasteiger partial charge in [-0.25, -0.2) is 9.97 Å². The summed E-state index contributed by atoms with van der Waals surface area (Å²) >= 11 is 0. The summed E-state index contributed by atoms with van der Waals surface area (Å²) in [5.41, 5.74) is 1.07. The zero-order valence-corrected chi connectivity index (χ0v) is 13.4. The number of nitrogens with zero attached hydrogens (tertiary/aromatic N) is 3. The Labute approximate surface area is 135 Å². The number of aromatic nitrogens is 2. The Balaban J connectivity index is 1.74. The Morgan fingerprint density at radius 1 is 1.26 bits per heavy atom. The van der Waals surface area contributed by atoms with Crippen LogP contribution in [-0.2, 0) is 4.79 Å². The molecule has 1 amide bonds. The lowest BCUT2D eigenvalue weighted by atomic mass is 9.99. The molecule has 0 saturated carbocycles. The molecule has 1 aromatic carbocycles. The first-order valence-electron chi connectivity index (χ1n) is 7.80. The van der Waals surface area contributed by atoms with Crippen LogP contribution >= 0.6 is 0 Å². The molecule has 2 N–H and O–H groups in total. The van der Waals surface area contributed by atoms with E-state index in [2.05, 4.69) is 20.6 Å². The zero-order valence-electron chi connectivity index (χ0n) is 13.4. The number of carbonyl (C=O) groups excluding carboxylic acids is 1. The van der Waals surface area contributed by atoms with E-state index >= 15 is 0 Å². The molecule has 0 aliphatic carbocycles. The Bertz CT molecular complexity index is 676. The van der Waals surface area contributed by atoms with Gasteiger partial charge in [-0.3, -0.25) is 4.79 Å². The molecular formula is C17H21N5O. The molecule has 1 saturated heterocycles. The number of amides is 1. The van der Waals surface area contributed by atoms with Crippen LogP contribution < -0.4 is 15.5 Å². The lowest BCUT2D eigenvalue weighted by Gasteiger charge is -2.30. The first-order chi connectivity index (χ1) is 11.1. The van der Waals surface area contributed by atoms with E-state index in [4.69, 9.17) is 0 Å². The minimum Gasteiger partial charge on any atom is -0.365 e. The molecule has 2 unspecified atom stereocenters. The van der Waals surface area contributed by atoms with E-state index in [0.29, 0.717) is 6.42 Å². The van der Waals surface area contributed by atoms with Crippen molar-refractivity contribution in [1.82, 2.24) is 15.3 Å². The number of anilines is 3. The highest BCUT2D eigenvalue weighted by Crippen LogP contribution is 2.23. The maximum Gasteiger partial charge on any atom is 0.220 e. The van der Waals surface area contributed by atoms with Crippen molar-refractivity contribution in [3.05, 3.63) is 42.7 Å². The molecule has 2 atom stereocenters. The Hall–Kier alpha value is -2.63. The average molecular weight is 311 g/mol. The van der Waals surface area contributed by atoms with E-state index < -0.39 is 0 Å². The highest BCUT2D eigenvalue weighted by molar-refractivity contribution is 5.77. The van der Waals surface area contributed by atoms with E-state index in [1.165, 1.54) is 0 Å². The molecule has 2 heterocycles. The Morgan fingerprint density at radius 3 is 2.78 bits per heavy atom. The second-order valence-corrected chi connectivity index (χ2v) is 5.80. The van der Waals surface area contributed by atoms with E-state index in [-0.39, 0.29) is 18.0 Å². The lowest BCUT2D eigenvalue weighted by molar-refractivity contribution is -0.123. The van der Waals surface area contributed by atoms with Gasteiger partial charge in [0.15, 0.2) is 0 Å². The molecule has 1 aliphatic rings. The number of piperidine rings is 1. The van der Waals surface area contributed by atoms with Gasteiger partial charge in [0.05, 0.1) is 0 Å². The predicted octanol–water partition coefficient (Wildman–Crippen LogP) is 2.32. The summed E-state index contributed by atoms with van der Waals surface area (Å²) in [6.07, 6.45) is 2.91. The molecule has 6 heteroatoms. The van der Waals surface area contributed by atoms with Crippen molar-refractivity contribution in [1.29, 1.82) is 0 Å². The summed E-state index contributed by atoms with van der Waals surface area (Å²) < 4.78 is 0. The maximum absolute atomic E-state index is 11.4. The van der Waals surface area contributed by atoms with Gasteiger partial charge in [-0.05, 0) is 25.5 Å². The second-order valence-electron chi connectivity index (χ2n) is 5.80. The van der Waals surface area contributed by atoms with Gasteiger partial charge in [-0.1, -0.05) is 18.2 Å². The summed E-state index contributed by atoms with van der Waals surface area (Å²) in [5, 5.41) is 6.36. The third kappa shape index (κ3) is 3.59. The van der Waals surface area contributed by atoms with Gasteiger partial charge in [0.1, 0.15) is 18.0 Å². The second kappa shape index (κ2) is 6.64. The number of hydrogen-bond acceptors (Lipinski definition) is 5. The van der Waals surface area contributed by atoms with Gasteiger partial charge in [-0.15, -0.1) is 0 Å². The number of hydrogen-bond donors (Lipinski definition) is 2. The topological polar surface area (TPSA) is 70.2 Å². The minimum atomic E-state index is 0.0847. The normalized spacial score (nSPS) is 20.7. The van der Waals surface area contributed by atoms with Gasteiger partial charge >= 0.3 is 0 Å². The highest BCUT2D eigenvalue weighted by Gasteiger charge is 2.25. The Kier molecular flexibility index (Phi) is 4.41. The van der Waals surface area contributed by atoms with Gasteiger partial charge in [-0.2, -0.15) is 0 Å². The third-order valence-corrected chi connectivity index (χ3v) is 4.15. The van der Waals surface area contributed by atoms with Crippen LogP contribution in [0.1, 0.15) is 19.8 Å². The molecule has 3 rings (SSSR count). The van der Waals surface area contributed by atoms with Gasteiger partial charge < -0.3 is 15.5 Å². The molecule has 23 heavy (non-hydrogen) atoms. The molecule has 6 nitrogen and oxygen atoms in total. The first kappa shape index (κ1) is 15.3. The van der Waals surface area contributed by atoms with Crippen LogP contribution in [0.15, 0.2) is 42.7 Å². The molecule has 1 aromatic heterocycles. The van der Waals surface area contributed by atoms with Gasteiger partial charge in [0, 0.05) is 37.3 Å². The molecule has 120 valence electrons. The van der Waals surface area contributed by atoms with Crippen LogP contribution in [0.3, 0.4) is 0 Å². The molecule has 1 fully saturated rings. The molecular weight excluding hydrogens is 290 g/mol. The number of nitrogens with one attached hydrogen (secondary N) is 2. The predicted molar refractivity (Wildman–Crippen MR) is 90.8 cm³/mol. The SMILES string of the molecule is CC1NC(=O)CCC1Nc1cc(N(C)c2ccccc2)ncn1. The molecule has 0 spiro atoms. The van der Waals surface area contributed by atoms with Gasteiger partial charge in [0.25, 0.3) is 0 Å². The van der Waals surface area contributed by atoms with E-state index in [0.717, 1.165) is 23.7 Å². The fraction of sp³-hybridized carbons (Fsp3) is 0.353. The summed E-state index contributed by atoms with van der Waals surface area (Å²) in [4.78, 5) is 22.1. The fourth-order valence-electron chi connectivity index (χ4n) is 2.74. The van der Waals surface area contributed by atoms with Gasteiger partial charge in [0.2, 0.25) is 5.91 Å². The van der Waals surface area contributed by atoms with Crippen LogP contribution in [0.4, 0.5) is 17.3 Å². The maximum atomic E-state index is 11.4. The van der Waals surface area contributed by atoms with E-state index in [1.807, 2.05) is 55.3 Å². The van der Waals surface area contributed by atoms with Crippen molar-refractivity contribution in [2.75, 3.05) is 17.3 Å². The molecule has 0 bridgehead atoms. The van der Waals surface area contributed by atoms with Crippen LogP contribution in [0.5, 0.6) is 0 Å². The number of carbonyl (C=O) groups is 1. The quantitative estimate of drug-likeness (QED) is 0.907. The van der Waals surface area contributed by atoms with E-state index in [9.17, 15) is 4.79 Å². The average Bonchev–Trinajstić information content (AvgIpc) is 2.58. The van der Waals surface area contributed by atoms with Crippen LogP contribution in [0, 0.1) is 0 Å². The number of benzene rings is 1. The third-order valence-electron chi connectivity index (χ3n) is 4.15. The summed E-state index contributed by atoms with van der Waals surface area (Å²) in [6.45, 7) is 2.01. The van der Waals surface area contributed by atoms with Crippen molar-refractivity contribution < 1.29 is 4.79 Å². The van der Waals surface area contributed by atoms with Crippen LogP contribution in [-0.4, -0.2) is 35.0 Å². The standard InChI is InChI=1S/C17H21N5O/c1-12-14(8-9-17(23)20-12)21-15-10-16(19-11-18-15)22(2)13-6-4-3-5-7-13/h3-7,10-12,14H,8-9H2,1-2H3,(H,20,23)(H,18,19,21). The summed E-state index contributed by atoms with van der Waals surface area (Å²) in [7, 11) is 1.98. The first-order valence-corrected chi connectivity index (χ1v) is 7.80. The monoisotopic (exact) mass is 311 g/mol. The van der Waals surface area contributed by atoms with Crippen molar-refractivity contribution >= 4 is 23.2 Å². The Morgan fingerprint density at radius 2 is 2.04 bits per heavy atom. The summed E-state index contributed by atoms with van der Waals surface area (Å²) in [6, 6.07) is 12.2. The van der Waals surface area contributed by atoms with Crippen molar-refractivity contribution in [3.63, 3.8) is 0 Å². The lowest BCUT2D eigenvalue weighted by Crippen LogP contribution is -2.49. The van der Waals surface area contributed by atoms with Crippen molar-refractivity contribution in [3.8, 4) is 0 Å². The van der Waals surface area contributed by atoms with Crippen LogP contribution in [0.25, 0.3) is 0 Å². The molecule has 1 aliphatic heterocycles. The smallest absolute Gasteiger partial charge is 0.220 e. The summed E-state index contributed by atoms with van der Waals surface area (Å²) in [5.74, 6) is 1.70. The van der Waals surface area contributed by atoms with Crippen molar-refractivity contribution in [2.24, 2.45) is 0 Å². The molecule has 0 radical (unpaired) electrons. The number of rotatable bonds is 4. The minimum absolute atomic E-state index is 0.0847. The largest absolute Gasteiger partial charge is 0.365 e. The molecule has 2 aromatic rings.